The molecule has 2 heterocycles. The molecule has 4 heteroatoms. The van der Waals surface area contributed by atoms with Crippen molar-refractivity contribution in [1.82, 2.24) is 5.32 Å². The van der Waals surface area contributed by atoms with Gasteiger partial charge in [-0.25, -0.2) is 0 Å². The van der Waals surface area contributed by atoms with Crippen LogP contribution in [0, 0.1) is 11.3 Å². The Morgan fingerprint density at radius 1 is 1.41 bits per heavy atom. The van der Waals surface area contributed by atoms with Crippen LogP contribution in [0.2, 0.25) is 0 Å². The fourth-order valence-electron chi connectivity index (χ4n) is 2.80. The molecule has 2 aliphatic heterocycles. The van der Waals surface area contributed by atoms with Gasteiger partial charge in [-0.3, -0.25) is 0 Å². The lowest BCUT2D eigenvalue weighted by Gasteiger charge is -2.46. The Hall–Kier alpha value is -1.73. The molecule has 1 N–H and O–H groups in total. The molecule has 17 heavy (non-hydrogen) atoms. The number of piperazine rings is 1. The van der Waals surface area contributed by atoms with Crippen LogP contribution in [-0.2, 0) is 0 Å². The lowest BCUT2D eigenvalue weighted by molar-refractivity contribution is 0.466. The molecular formula is C13H16N4. The third-order valence-electron chi connectivity index (χ3n) is 3.66. The number of rotatable bonds is 0. The minimum Gasteiger partial charge on any atom is -0.371 e. The normalized spacial score (nSPS) is 22.7. The molecule has 2 aliphatic rings. The first kappa shape index (κ1) is 10.4. The van der Waals surface area contributed by atoms with Crippen LogP contribution in [-0.4, -0.2) is 39.3 Å². The van der Waals surface area contributed by atoms with E-state index in [4.69, 9.17) is 5.26 Å². The first-order valence-corrected chi connectivity index (χ1v) is 6.02. The van der Waals surface area contributed by atoms with Gasteiger partial charge in [0, 0.05) is 33.2 Å². The summed E-state index contributed by atoms with van der Waals surface area (Å²) in [5.74, 6) is 0. The van der Waals surface area contributed by atoms with Crippen LogP contribution < -0.4 is 15.1 Å². The second-order valence-corrected chi connectivity index (χ2v) is 4.75. The minimum absolute atomic E-state index is 0.523. The zero-order valence-corrected chi connectivity index (χ0v) is 9.98. The zero-order chi connectivity index (χ0) is 11.8. The molecule has 88 valence electrons. The second-order valence-electron chi connectivity index (χ2n) is 4.75. The summed E-state index contributed by atoms with van der Waals surface area (Å²) in [7, 11) is 2.12. The molecule has 0 saturated carbocycles. The predicted molar refractivity (Wildman–Crippen MR) is 68.4 cm³/mol. The number of fused-ring (bicyclic) bond motifs is 3. The highest BCUT2D eigenvalue weighted by molar-refractivity contribution is 5.75. The molecule has 1 unspecified atom stereocenters. The van der Waals surface area contributed by atoms with E-state index < -0.39 is 0 Å². The summed E-state index contributed by atoms with van der Waals surface area (Å²) in [5.41, 5.74) is 3.20. The van der Waals surface area contributed by atoms with E-state index in [0.29, 0.717) is 6.04 Å². The minimum atomic E-state index is 0.523. The smallest absolute Gasteiger partial charge is 0.0992 e. The molecular weight excluding hydrogens is 212 g/mol. The Morgan fingerprint density at radius 2 is 2.29 bits per heavy atom. The summed E-state index contributed by atoms with van der Waals surface area (Å²) in [5, 5.41) is 12.4. The third kappa shape index (κ3) is 1.63. The number of likely N-dealkylation sites (N-methyl/N-ethyl adjacent to an activating group) is 1. The number of hydrogen-bond donors (Lipinski definition) is 1. The van der Waals surface area contributed by atoms with Crippen molar-refractivity contribution in [3.05, 3.63) is 23.8 Å². The van der Waals surface area contributed by atoms with Gasteiger partial charge in [0.15, 0.2) is 0 Å². The molecule has 1 atom stereocenters. The highest BCUT2D eigenvalue weighted by Gasteiger charge is 2.30. The van der Waals surface area contributed by atoms with Gasteiger partial charge in [-0.15, -0.1) is 0 Å². The summed E-state index contributed by atoms with van der Waals surface area (Å²) in [6, 6.07) is 8.73. The van der Waals surface area contributed by atoms with Gasteiger partial charge in [-0.05, 0) is 18.2 Å². The lowest BCUT2D eigenvalue weighted by Crippen LogP contribution is -2.58. The van der Waals surface area contributed by atoms with Crippen molar-refractivity contribution in [2.24, 2.45) is 0 Å². The van der Waals surface area contributed by atoms with Crippen molar-refractivity contribution >= 4 is 11.4 Å². The van der Waals surface area contributed by atoms with E-state index in [2.05, 4.69) is 34.3 Å². The van der Waals surface area contributed by atoms with Crippen LogP contribution in [0.4, 0.5) is 11.4 Å². The van der Waals surface area contributed by atoms with E-state index in [-0.39, 0.29) is 0 Å². The van der Waals surface area contributed by atoms with Crippen molar-refractivity contribution in [2.75, 3.05) is 43.0 Å². The fourth-order valence-corrected chi connectivity index (χ4v) is 2.80. The van der Waals surface area contributed by atoms with Crippen LogP contribution in [0.25, 0.3) is 0 Å². The molecule has 1 saturated heterocycles. The quantitative estimate of drug-likeness (QED) is 0.713. The summed E-state index contributed by atoms with van der Waals surface area (Å²) < 4.78 is 0. The molecule has 0 bridgehead atoms. The molecule has 0 aromatic heterocycles. The van der Waals surface area contributed by atoms with E-state index in [9.17, 15) is 0 Å². The Morgan fingerprint density at radius 3 is 3.12 bits per heavy atom. The number of nitrogens with one attached hydrogen (secondary N) is 1. The molecule has 1 aromatic carbocycles. The van der Waals surface area contributed by atoms with Gasteiger partial charge in [0.05, 0.1) is 29.0 Å². The monoisotopic (exact) mass is 228 g/mol. The van der Waals surface area contributed by atoms with Crippen molar-refractivity contribution in [3.63, 3.8) is 0 Å². The number of nitrogens with zero attached hydrogens (tertiary/aromatic N) is 3. The lowest BCUT2D eigenvalue weighted by atomic mass is 10.0. The molecule has 3 rings (SSSR count). The highest BCUT2D eigenvalue weighted by Crippen LogP contribution is 2.35. The van der Waals surface area contributed by atoms with Gasteiger partial charge < -0.3 is 15.1 Å². The van der Waals surface area contributed by atoms with E-state index in [1.54, 1.807) is 0 Å². The van der Waals surface area contributed by atoms with E-state index in [0.717, 1.165) is 31.7 Å². The molecule has 0 amide bonds. The SMILES string of the molecule is CN1CC2CNCCN2c2cc(C#N)ccc21. The Bertz CT molecular complexity index is 477. The Balaban J connectivity index is 2.07. The van der Waals surface area contributed by atoms with Crippen LogP contribution in [0.3, 0.4) is 0 Å². The predicted octanol–water partition coefficient (Wildman–Crippen LogP) is 0.786. The highest BCUT2D eigenvalue weighted by atomic mass is 15.3. The van der Waals surface area contributed by atoms with Crippen molar-refractivity contribution in [2.45, 2.75) is 6.04 Å². The largest absolute Gasteiger partial charge is 0.371 e. The van der Waals surface area contributed by atoms with Crippen molar-refractivity contribution < 1.29 is 0 Å². The molecule has 0 radical (unpaired) electrons. The molecule has 4 nitrogen and oxygen atoms in total. The molecule has 1 fully saturated rings. The van der Waals surface area contributed by atoms with Crippen LogP contribution >= 0.6 is 0 Å². The number of hydrogen-bond acceptors (Lipinski definition) is 4. The molecule has 0 aliphatic carbocycles. The van der Waals surface area contributed by atoms with Gasteiger partial charge in [0.1, 0.15) is 0 Å². The van der Waals surface area contributed by atoms with Gasteiger partial charge in [-0.1, -0.05) is 0 Å². The summed E-state index contributed by atoms with van der Waals surface area (Å²) >= 11 is 0. The average molecular weight is 228 g/mol. The first-order chi connectivity index (χ1) is 8.29. The van der Waals surface area contributed by atoms with Gasteiger partial charge >= 0.3 is 0 Å². The molecule has 1 aromatic rings. The maximum atomic E-state index is 9.01. The summed E-state index contributed by atoms with van der Waals surface area (Å²) in [6.45, 7) is 4.13. The molecule has 0 spiro atoms. The fraction of sp³-hybridized carbons (Fsp3) is 0.462. The number of nitriles is 1. The zero-order valence-electron chi connectivity index (χ0n) is 9.98. The maximum absolute atomic E-state index is 9.01. The van der Waals surface area contributed by atoms with Crippen molar-refractivity contribution in [3.8, 4) is 6.07 Å². The number of anilines is 2. The average Bonchev–Trinajstić information content (AvgIpc) is 2.38. The third-order valence-corrected chi connectivity index (χ3v) is 3.66. The Labute approximate surface area is 101 Å². The van der Waals surface area contributed by atoms with Gasteiger partial charge in [-0.2, -0.15) is 5.26 Å². The summed E-state index contributed by atoms with van der Waals surface area (Å²) in [4.78, 5) is 4.72. The summed E-state index contributed by atoms with van der Waals surface area (Å²) in [6.07, 6.45) is 0. The maximum Gasteiger partial charge on any atom is 0.0992 e. The second kappa shape index (κ2) is 3.94. The Kier molecular flexibility index (Phi) is 2.41. The number of benzene rings is 1. The topological polar surface area (TPSA) is 42.3 Å². The van der Waals surface area contributed by atoms with Crippen LogP contribution in [0.15, 0.2) is 18.2 Å². The van der Waals surface area contributed by atoms with E-state index in [1.807, 2.05) is 12.1 Å². The van der Waals surface area contributed by atoms with Crippen LogP contribution in [0.5, 0.6) is 0 Å². The van der Waals surface area contributed by atoms with Crippen LogP contribution in [0.1, 0.15) is 5.56 Å². The standard InChI is InChI=1S/C13H16N4/c1-16-9-11-8-15-4-5-17(11)13-6-10(7-14)2-3-12(13)16/h2-3,6,11,15H,4-5,8-9H2,1H3. The first-order valence-electron chi connectivity index (χ1n) is 6.02. The van der Waals surface area contributed by atoms with E-state index >= 15 is 0 Å². The van der Waals surface area contributed by atoms with Crippen molar-refractivity contribution in [1.29, 1.82) is 5.26 Å². The van der Waals surface area contributed by atoms with Gasteiger partial charge in [0.2, 0.25) is 0 Å². The van der Waals surface area contributed by atoms with Gasteiger partial charge in [0.25, 0.3) is 0 Å². The van der Waals surface area contributed by atoms with E-state index in [1.165, 1.54) is 11.4 Å².